The fourth-order valence-electron chi connectivity index (χ4n) is 3.06. The average Bonchev–Trinajstić information content (AvgIpc) is 3.01. The monoisotopic (exact) mass is 358 g/mol. The van der Waals surface area contributed by atoms with E-state index in [1.165, 1.54) is 6.07 Å². The van der Waals surface area contributed by atoms with Crippen molar-refractivity contribution >= 4 is 5.71 Å². The van der Waals surface area contributed by atoms with Gasteiger partial charge in [0.05, 0.1) is 6.04 Å². The van der Waals surface area contributed by atoms with Gasteiger partial charge >= 0.3 is 0 Å². The molecule has 0 radical (unpaired) electrons. The van der Waals surface area contributed by atoms with Crippen LogP contribution in [0, 0.1) is 17.1 Å². The molecule has 0 saturated heterocycles. The summed E-state index contributed by atoms with van der Waals surface area (Å²) in [5.74, 6) is 0.576. The second-order valence-electron chi connectivity index (χ2n) is 7.64. The van der Waals surface area contributed by atoms with Crippen molar-refractivity contribution in [2.75, 3.05) is 6.54 Å². The average molecular weight is 359 g/mol. The van der Waals surface area contributed by atoms with Gasteiger partial charge < -0.3 is 16.2 Å². The number of hydrogen-bond donors (Lipinski definition) is 4. The van der Waals surface area contributed by atoms with E-state index in [0.29, 0.717) is 18.1 Å². The lowest BCUT2D eigenvalue weighted by molar-refractivity contribution is 0.576. The Bertz CT molecular complexity index is 704. The van der Waals surface area contributed by atoms with Crippen LogP contribution in [-0.2, 0) is 0 Å². The number of rotatable bonds is 8. The fraction of sp³-hybridized carbons (Fsp3) is 0.476. The van der Waals surface area contributed by atoms with Gasteiger partial charge in [0.2, 0.25) is 0 Å². The summed E-state index contributed by atoms with van der Waals surface area (Å²) in [7, 11) is 0. The predicted octanol–water partition coefficient (Wildman–Crippen LogP) is 4.54. The van der Waals surface area contributed by atoms with Gasteiger partial charge in [-0.1, -0.05) is 33.8 Å². The highest BCUT2D eigenvalue weighted by Crippen LogP contribution is 2.34. The molecule has 1 aromatic carbocycles. The maximum Gasteiger partial charge on any atom is 0.123 e. The first-order valence-electron chi connectivity index (χ1n) is 9.26. The molecule has 5 heteroatoms. The van der Waals surface area contributed by atoms with Crippen LogP contribution in [0.15, 0.2) is 41.7 Å². The van der Waals surface area contributed by atoms with Crippen molar-refractivity contribution in [3.8, 4) is 0 Å². The highest BCUT2D eigenvalue weighted by Gasteiger charge is 2.25. The smallest absolute Gasteiger partial charge is 0.123 e. The maximum atomic E-state index is 13.7. The summed E-state index contributed by atoms with van der Waals surface area (Å²) in [4.78, 5) is 0. The van der Waals surface area contributed by atoms with Crippen molar-refractivity contribution in [1.82, 2.24) is 16.2 Å². The largest absolute Gasteiger partial charge is 0.390 e. The molecule has 142 valence electrons. The van der Waals surface area contributed by atoms with Gasteiger partial charge in [-0.2, -0.15) is 0 Å². The van der Waals surface area contributed by atoms with Crippen molar-refractivity contribution in [3.05, 3.63) is 58.7 Å². The zero-order chi connectivity index (χ0) is 19.3. The maximum absolute atomic E-state index is 13.7. The van der Waals surface area contributed by atoms with Gasteiger partial charge in [-0.15, -0.1) is 0 Å². The molecule has 0 spiro atoms. The Morgan fingerprint density at radius 2 is 2.04 bits per heavy atom. The SMILES string of the molecule is CC(=N)/C(=C\NCC(C)C)CC1=CNNC1c1ccc(F)cc1C(C)C. The molecule has 0 bridgehead atoms. The summed E-state index contributed by atoms with van der Waals surface area (Å²) in [5.41, 5.74) is 11.1. The van der Waals surface area contributed by atoms with Gasteiger partial charge in [0, 0.05) is 31.1 Å². The first-order valence-corrected chi connectivity index (χ1v) is 9.26. The molecule has 2 rings (SSSR count). The van der Waals surface area contributed by atoms with E-state index in [1.54, 1.807) is 6.07 Å². The zero-order valence-corrected chi connectivity index (χ0v) is 16.4. The van der Waals surface area contributed by atoms with E-state index >= 15 is 0 Å². The Morgan fingerprint density at radius 1 is 1.31 bits per heavy atom. The lowest BCUT2D eigenvalue weighted by Crippen LogP contribution is -2.26. The second kappa shape index (κ2) is 8.99. The Balaban J connectivity index is 2.23. The van der Waals surface area contributed by atoms with Gasteiger partial charge in [0.1, 0.15) is 5.82 Å². The Kier molecular flexibility index (Phi) is 6.98. The van der Waals surface area contributed by atoms with Crippen LogP contribution >= 0.6 is 0 Å². The fourth-order valence-corrected chi connectivity index (χ4v) is 3.06. The molecule has 1 aromatic rings. The number of benzene rings is 1. The molecule has 26 heavy (non-hydrogen) atoms. The van der Waals surface area contributed by atoms with Crippen molar-refractivity contribution in [2.45, 2.75) is 53.0 Å². The molecule has 4 nitrogen and oxygen atoms in total. The van der Waals surface area contributed by atoms with Gasteiger partial charge in [-0.3, -0.25) is 0 Å². The summed E-state index contributed by atoms with van der Waals surface area (Å²) < 4.78 is 13.7. The Labute approximate surface area is 156 Å². The van der Waals surface area contributed by atoms with E-state index in [2.05, 4.69) is 43.9 Å². The minimum Gasteiger partial charge on any atom is -0.390 e. The van der Waals surface area contributed by atoms with E-state index < -0.39 is 0 Å². The van der Waals surface area contributed by atoms with E-state index in [1.807, 2.05) is 25.4 Å². The number of nitrogens with one attached hydrogen (secondary N) is 4. The summed E-state index contributed by atoms with van der Waals surface area (Å²) in [6.45, 7) is 11.2. The van der Waals surface area contributed by atoms with Crippen LogP contribution < -0.4 is 16.2 Å². The molecule has 1 atom stereocenters. The van der Waals surface area contributed by atoms with Crippen LogP contribution in [0.2, 0.25) is 0 Å². The molecule has 0 fully saturated rings. The van der Waals surface area contributed by atoms with E-state index in [0.717, 1.165) is 28.8 Å². The summed E-state index contributed by atoms with van der Waals surface area (Å²) in [5, 5.41) is 11.4. The number of hydrazine groups is 1. The molecule has 0 amide bonds. The van der Waals surface area contributed by atoms with Crippen molar-refractivity contribution in [1.29, 1.82) is 5.41 Å². The summed E-state index contributed by atoms with van der Waals surface area (Å²) >= 11 is 0. The predicted molar refractivity (Wildman–Crippen MR) is 107 cm³/mol. The van der Waals surface area contributed by atoms with E-state index in [9.17, 15) is 4.39 Å². The minimum atomic E-state index is -0.206. The van der Waals surface area contributed by atoms with E-state index in [4.69, 9.17) is 5.41 Å². The molecule has 1 heterocycles. The van der Waals surface area contributed by atoms with Crippen molar-refractivity contribution in [2.24, 2.45) is 5.92 Å². The standard InChI is InChI=1S/C21H31FN4/c1-13(2)10-24-11-16(15(5)23)8-17-12-25-26-21(17)19-7-6-18(22)9-20(19)14(3)4/h6-7,9,11-14,21,23-26H,8,10H2,1-5H3/b16-11-,23-15?. The summed E-state index contributed by atoms with van der Waals surface area (Å²) in [6, 6.07) is 4.98. The second-order valence-corrected chi connectivity index (χ2v) is 7.64. The highest BCUT2D eigenvalue weighted by molar-refractivity contribution is 5.96. The third kappa shape index (κ3) is 5.18. The van der Waals surface area contributed by atoms with Gasteiger partial charge in [-0.25, -0.2) is 9.82 Å². The molecule has 0 saturated carbocycles. The van der Waals surface area contributed by atoms with Gasteiger partial charge in [-0.05, 0) is 53.2 Å². The molecule has 1 aliphatic heterocycles. The van der Waals surface area contributed by atoms with Crippen LogP contribution in [0.3, 0.4) is 0 Å². The molecular weight excluding hydrogens is 327 g/mol. The third-order valence-corrected chi connectivity index (χ3v) is 4.52. The number of hydrogen-bond acceptors (Lipinski definition) is 4. The molecule has 0 aliphatic carbocycles. The van der Waals surface area contributed by atoms with Crippen LogP contribution in [-0.4, -0.2) is 12.3 Å². The summed E-state index contributed by atoms with van der Waals surface area (Å²) in [6.07, 6.45) is 4.57. The quantitative estimate of drug-likeness (QED) is 0.516. The Hall–Kier alpha value is -2.14. The van der Waals surface area contributed by atoms with Crippen molar-refractivity contribution < 1.29 is 4.39 Å². The molecule has 1 aliphatic rings. The first kappa shape index (κ1) is 20.2. The van der Waals surface area contributed by atoms with Crippen LogP contribution in [0.25, 0.3) is 0 Å². The number of halogens is 1. The lowest BCUT2D eigenvalue weighted by Gasteiger charge is -2.21. The van der Waals surface area contributed by atoms with Crippen LogP contribution in [0.4, 0.5) is 4.39 Å². The first-order chi connectivity index (χ1) is 12.3. The topological polar surface area (TPSA) is 59.9 Å². The normalized spacial score (nSPS) is 17.5. The molecule has 4 N–H and O–H groups in total. The molecule has 0 aromatic heterocycles. The lowest BCUT2D eigenvalue weighted by atomic mass is 9.87. The Morgan fingerprint density at radius 3 is 2.65 bits per heavy atom. The minimum absolute atomic E-state index is 0.0270. The van der Waals surface area contributed by atoms with Crippen molar-refractivity contribution in [3.63, 3.8) is 0 Å². The van der Waals surface area contributed by atoms with Crippen LogP contribution in [0.5, 0.6) is 0 Å². The van der Waals surface area contributed by atoms with E-state index in [-0.39, 0.29) is 17.8 Å². The van der Waals surface area contributed by atoms with Gasteiger partial charge in [0.25, 0.3) is 0 Å². The highest BCUT2D eigenvalue weighted by atomic mass is 19.1. The number of allylic oxidation sites excluding steroid dienone is 1. The molecular formula is C21H31FN4. The van der Waals surface area contributed by atoms with Crippen LogP contribution in [0.1, 0.15) is 64.1 Å². The third-order valence-electron chi connectivity index (χ3n) is 4.52. The molecule has 1 unspecified atom stereocenters. The van der Waals surface area contributed by atoms with Gasteiger partial charge in [0.15, 0.2) is 0 Å². The zero-order valence-electron chi connectivity index (χ0n) is 16.4.